The highest BCUT2D eigenvalue weighted by atomic mass is 16.6. The summed E-state index contributed by atoms with van der Waals surface area (Å²) in [4.78, 5) is 32.5. The Morgan fingerprint density at radius 3 is 2.17 bits per heavy atom. The van der Waals surface area contributed by atoms with Crippen molar-refractivity contribution in [1.29, 1.82) is 0 Å². The highest BCUT2D eigenvalue weighted by molar-refractivity contribution is 5.83. The Bertz CT molecular complexity index is 604. The lowest BCUT2D eigenvalue weighted by Crippen LogP contribution is -2.64. The van der Waals surface area contributed by atoms with Gasteiger partial charge >= 0.3 is 6.09 Å². The molecule has 0 bridgehead atoms. The number of piperazine rings is 1. The van der Waals surface area contributed by atoms with Gasteiger partial charge in [0, 0.05) is 32.7 Å². The normalized spacial score (nSPS) is 22.8. The van der Waals surface area contributed by atoms with Crippen LogP contribution in [0.25, 0.3) is 0 Å². The molecule has 0 aromatic rings. The molecule has 2 fully saturated rings. The molecule has 30 heavy (non-hydrogen) atoms. The average molecular weight is 425 g/mol. The molecule has 2 amide bonds. The molecule has 0 unspecified atom stereocenters. The molecule has 7 nitrogen and oxygen atoms in total. The summed E-state index contributed by atoms with van der Waals surface area (Å²) in [7, 11) is 2.12. The second-order valence-corrected chi connectivity index (χ2v) is 11.3. The van der Waals surface area contributed by atoms with E-state index >= 15 is 0 Å². The predicted octanol–water partition coefficient (Wildman–Crippen LogP) is 2.80. The highest BCUT2D eigenvalue weighted by Crippen LogP contribution is 2.34. The Hall–Kier alpha value is -1.34. The minimum atomic E-state index is -0.503. The van der Waals surface area contributed by atoms with Gasteiger partial charge < -0.3 is 19.9 Å². The Labute approximate surface area is 183 Å². The molecule has 2 aliphatic heterocycles. The zero-order valence-electron chi connectivity index (χ0n) is 20.5. The fourth-order valence-corrected chi connectivity index (χ4v) is 4.46. The maximum absolute atomic E-state index is 13.3. The van der Waals surface area contributed by atoms with Crippen molar-refractivity contribution in [2.24, 2.45) is 11.3 Å². The summed E-state index contributed by atoms with van der Waals surface area (Å²) < 4.78 is 5.62. The third-order valence-electron chi connectivity index (χ3n) is 6.22. The zero-order valence-corrected chi connectivity index (χ0v) is 20.5. The van der Waals surface area contributed by atoms with Crippen LogP contribution in [0.3, 0.4) is 0 Å². The van der Waals surface area contributed by atoms with Crippen molar-refractivity contribution in [3.8, 4) is 0 Å². The fraction of sp³-hybridized carbons (Fsp3) is 0.913. The molecule has 0 aromatic heterocycles. The van der Waals surface area contributed by atoms with Gasteiger partial charge in [0.25, 0.3) is 0 Å². The molecule has 2 aliphatic rings. The van der Waals surface area contributed by atoms with Gasteiger partial charge in [-0.2, -0.15) is 0 Å². The Morgan fingerprint density at radius 2 is 1.67 bits per heavy atom. The Balaban J connectivity index is 2.08. The number of ether oxygens (including phenoxy) is 1. The molecule has 0 saturated carbocycles. The summed E-state index contributed by atoms with van der Waals surface area (Å²) in [6, 6.07) is 0. The van der Waals surface area contributed by atoms with Gasteiger partial charge in [-0.3, -0.25) is 9.69 Å². The van der Waals surface area contributed by atoms with E-state index in [9.17, 15) is 9.59 Å². The van der Waals surface area contributed by atoms with Crippen LogP contribution in [-0.2, 0) is 9.53 Å². The number of carbonyl (C=O) groups is 2. The lowest BCUT2D eigenvalue weighted by atomic mass is 9.76. The largest absolute Gasteiger partial charge is 0.444 e. The minimum absolute atomic E-state index is 0.191. The van der Waals surface area contributed by atoms with Gasteiger partial charge in [-0.15, -0.1) is 0 Å². The minimum Gasteiger partial charge on any atom is -0.444 e. The number of likely N-dealkylation sites (tertiary alicyclic amines) is 1. The second kappa shape index (κ2) is 9.43. The monoisotopic (exact) mass is 424 g/mol. The third kappa shape index (κ3) is 6.58. The van der Waals surface area contributed by atoms with Crippen LogP contribution >= 0.6 is 0 Å². The molecule has 0 spiro atoms. The molecule has 0 radical (unpaired) electrons. The van der Waals surface area contributed by atoms with Gasteiger partial charge in [-0.25, -0.2) is 4.79 Å². The molecule has 2 saturated heterocycles. The smallest absolute Gasteiger partial charge is 0.410 e. The van der Waals surface area contributed by atoms with Crippen molar-refractivity contribution < 1.29 is 14.3 Å². The summed E-state index contributed by atoms with van der Waals surface area (Å²) in [5.41, 5.74) is -1.20. The number of carbonyl (C=O) groups excluding carboxylic acids is 2. The number of nitrogens with one attached hydrogen (secondary N) is 1. The topological polar surface area (TPSA) is 65.1 Å². The van der Waals surface area contributed by atoms with E-state index in [-0.39, 0.29) is 23.0 Å². The maximum atomic E-state index is 13.3. The first-order valence-corrected chi connectivity index (χ1v) is 11.4. The van der Waals surface area contributed by atoms with Gasteiger partial charge in [-0.1, -0.05) is 13.8 Å². The summed E-state index contributed by atoms with van der Waals surface area (Å²) in [6.45, 7) is 19.6. The molecule has 1 N–H and O–H groups in total. The molecular weight excluding hydrogens is 380 g/mol. The molecular formula is C23H44N4O3. The SMILES string of the molecule is CC(C)CNC(=O)C1(CN2CCN(C(=O)OC(C)(C)C)C(C)(C)C2)CCN(C)CC1. The van der Waals surface area contributed by atoms with Crippen molar-refractivity contribution >= 4 is 12.0 Å². The number of rotatable bonds is 5. The van der Waals surface area contributed by atoms with Crippen LogP contribution < -0.4 is 5.32 Å². The van der Waals surface area contributed by atoms with Crippen LogP contribution in [0.5, 0.6) is 0 Å². The molecule has 0 aromatic carbocycles. The standard InChI is InChI=1S/C23H44N4O3/c1-18(2)15-24-19(28)23(9-11-25(8)12-10-23)17-26-13-14-27(22(6,7)16-26)20(29)30-21(3,4)5/h18H,9-17H2,1-8H3,(H,24,28). The van der Waals surface area contributed by atoms with Gasteiger partial charge in [0.1, 0.15) is 5.60 Å². The van der Waals surface area contributed by atoms with Crippen molar-refractivity contribution in [3.05, 3.63) is 0 Å². The quantitative estimate of drug-likeness (QED) is 0.735. The zero-order chi connectivity index (χ0) is 22.7. The number of nitrogens with zero attached hydrogens (tertiary/aromatic N) is 3. The first-order chi connectivity index (χ1) is 13.7. The van der Waals surface area contributed by atoms with Crippen LogP contribution in [-0.4, -0.2) is 90.7 Å². The van der Waals surface area contributed by atoms with Crippen LogP contribution in [0.2, 0.25) is 0 Å². The van der Waals surface area contributed by atoms with Gasteiger partial charge in [0.15, 0.2) is 0 Å². The third-order valence-corrected chi connectivity index (χ3v) is 6.22. The molecule has 0 aliphatic carbocycles. The van der Waals surface area contributed by atoms with E-state index in [1.165, 1.54) is 0 Å². The average Bonchev–Trinajstić information content (AvgIpc) is 2.59. The number of piperidine rings is 1. The van der Waals surface area contributed by atoms with Crippen LogP contribution in [0.4, 0.5) is 4.79 Å². The summed E-state index contributed by atoms with van der Waals surface area (Å²) in [5, 5.41) is 3.20. The number of hydrogen-bond donors (Lipinski definition) is 1. The van der Waals surface area contributed by atoms with Gasteiger partial charge in [-0.05, 0) is 73.5 Å². The van der Waals surface area contributed by atoms with E-state index in [0.717, 1.165) is 45.6 Å². The molecule has 7 heteroatoms. The van der Waals surface area contributed by atoms with Crippen molar-refractivity contribution in [3.63, 3.8) is 0 Å². The van der Waals surface area contributed by atoms with Gasteiger partial charge in [0.05, 0.1) is 11.0 Å². The lowest BCUT2D eigenvalue weighted by molar-refractivity contribution is -0.136. The van der Waals surface area contributed by atoms with Crippen molar-refractivity contribution in [2.45, 2.75) is 72.4 Å². The first kappa shape index (κ1) is 24.9. The summed E-state index contributed by atoms with van der Waals surface area (Å²) in [5.74, 6) is 0.630. The van der Waals surface area contributed by atoms with E-state index in [1.54, 1.807) is 0 Å². The van der Waals surface area contributed by atoms with Crippen LogP contribution in [0.1, 0.15) is 61.3 Å². The predicted molar refractivity (Wildman–Crippen MR) is 120 cm³/mol. The first-order valence-electron chi connectivity index (χ1n) is 11.4. The highest BCUT2D eigenvalue weighted by Gasteiger charge is 2.45. The lowest BCUT2D eigenvalue weighted by Gasteiger charge is -2.50. The Morgan fingerprint density at radius 1 is 1.07 bits per heavy atom. The van der Waals surface area contributed by atoms with E-state index in [1.807, 2.05) is 25.7 Å². The number of amides is 2. The van der Waals surface area contributed by atoms with Gasteiger partial charge in [0.2, 0.25) is 5.91 Å². The van der Waals surface area contributed by atoms with Crippen molar-refractivity contribution in [2.75, 3.05) is 52.9 Å². The summed E-state index contributed by atoms with van der Waals surface area (Å²) >= 11 is 0. The second-order valence-electron chi connectivity index (χ2n) is 11.3. The van der Waals surface area contributed by atoms with E-state index in [0.29, 0.717) is 19.0 Å². The van der Waals surface area contributed by atoms with Crippen LogP contribution in [0, 0.1) is 11.3 Å². The Kier molecular flexibility index (Phi) is 7.83. The molecule has 0 atom stereocenters. The van der Waals surface area contributed by atoms with Crippen molar-refractivity contribution in [1.82, 2.24) is 20.0 Å². The number of hydrogen-bond acceptors (Lipinski definition) is 5. The van der Waals surface area contributed by atoms with E-state index in [2.05, 4.69) is 49.9 Å². The van der Waals surface area contributed by atoms with Crippen LogP contribution in [0.15, 0.2) is 0 Å². The van der Waals surface area contributed by atoms with E-state index in [4.69, 9.17) is 4.74 Å². The van der Waals surface area contributed by atoms with E-state index < -0.39 is 5.60 Å². The molecule has 174 valence electrons. The maximum Gasteiger partial charge on any atom is 0.410 e. The molecule has 2 rings (SSSR count). The molecule has 2 heterocycles. The summed E-state index contributed by atoms with van der Waals surface area (Å²) in [6.07, 6.45) is 1.50. The fourth-order valence-electron chi connectivity index (χ4n) is 4.46.